The van der Waals surface area contributed by atoms with Gasteiger partial charge in [-0.3, -0.25) is 4.79 Å². The van der Waals surface area contributed by atoms with Crippen LogP contribution in [0, 0.1) is 6.92 Å². The highest BCUT2D eigenvalue weighted by atomic mass is 16.5. The van der Waals surface area contributed by atoms with Crippen molar-refractivity contribution in [2.45, 2.75) is 40.3 Å². The molecule has 3 N–H and O–H groups in total. The molecule has 0 heterocycles. The third-order valence-electron chi connectivity index (χ3n) is 3.53. The van der Waals surface area contributed by atoms with Crippen molar-refractivity contribution in [3.05, 3.63) is 53.6 Å². The Balaban J connectivity index is 1.96. The second kappa shape index (κ2) is 8.89. The van der Waals surface area contributed by atoms with Gasteiger partial charge >= 0.3 is 6.03 Å². The van der Waals surface area contributed by atoms with Crippen LogP contribution in [0.5, 0.6) is 5.75 Å². The molecule has 26 heavy (non-hydrogen) atoms. The number of ether oxygens (including phenoxy) is 1. The molecule has 0 radical (unpaired) electrons. The molecule has 138 valence electrons. The van der Waals surface area contributed by atoms with Crippen LogP contribution in [-0.2, 0) is 11.3 Å². The first-order valence-corrected chi connectivity index (χ1v) is 8.52. The Labute approximate surface area is 153 Å². The summed E-state index contributed by atoms with van der Waals surface area (Å²) in [6.07, 6.45) is 0.0976. The largest absolute Gasteiger partial charge is 0.491 e. The predicted molar refractivity (Wildman–Crippen MR) is 104 cm³/mol. The van der Waals surface area contributed by atoms with Crippen LogP contribution in [0.15, 0.2) is 42.5 Å². The number of amides is 3. The lowest BCUT2D eigenvalue weighted by Crippen LogP contribution is -2.28. The van der Waals surface area contributed by atoms with Crippen molar-refractivity contribution in [3.63, 3.8) is 0 Å². The molecule has 2 aromatic carbocycles. The summed E-state index contributed by atoms with van der Waals surface area (Å²) in [5.41, 5.74) is 3.13. The quantitative estimate of drug-likeness (QED) is 0.731. The molecule has 0 saturated carbocycles. The lowest BCUT2D eigenvalue weighted by atomic mass is 10.2. The topological polar surface area (TPSA) is 79.5 Å². The number of benzene rings is 2. The van der Waals surface area contributed by atoms with E-state index < -0.39 is 0 Å². The molecule has 2 aromatic rings. The van der Waals surface area contributed by atoms with E-state index in [1.165, 1.54) is 6.92 Å². The minimum Gasteiger partial charge on any atom is -0.491 e. The number of carbonyl (C=O) groups is 2. The standard InChI is InChI=1S/C20H25N3O3/c1-13(2)26-18-7-5-6-16(10-18)12-21-20(25)23-19-11-17(22-15(4)24)9-8-14(19)3/h5-11,13H,12H2,1-4H3,(H,22,24)(H2,21,23,25). The molecule has 0 unspecified atom stereocenters. The van der Waals surface area contributed by atoms with E-state index in [0.29, 0.717) is 17.9 Å². The van der Waals surface area contributed by atoms with Crippen LogP contribution in [0.2, 0.25) is 0 Å². The zero-order valence-electron chi connectivity index (χ0n) is 15.6. The highest BCUT2D eigenvalue weighted by Crippen LogP contribution is 2.20. The molecule has 0 aliphatic carbocycles. The molecular formula is C20H25N3O3. The maximum absolute atomic E-state index is 12.2. The van der Waals surface area contributed by atoms with Crippen LogP contribution in [0.1, 0.15) is 31.9 Å². The Morgan fingerprint density at radius 1 is 1.08 bits per heavy atom. The molecule has 6 heteroatoms. The fourth-order valence-electron chi connectivity index (χ4n) is 2.39. The van der Waals surface area contributed by atoms with Crippen molar-refractivity contribution in [3.8, 4) is 5.75 Å². The summed E-state index contributed by atoms with van der Waals surface area (Å²) in [5.74, 6) is 0.617. The van der Waals surface area contributed by atoms with E-state index in [1.54, 1.807) is 12.1 Å². The molecule has 0 spiro atoms. The average molecular weight is 355 g/mol. The number of rotatable bonds is 6. The molecule has 2 rings (SSSR count). The molecule has 0 fully saturated rings. The van der Waals surface area contributed by atoms with Gasteiger partial charge in [0.2, 0.25) is 5.91 Å². The smallest absolute Gasteiger partial charge is 0.319 e. The van der Waals surface area contributed by atoms with Crippen LogP contribution in [0.25, 0.3) is 0 Å². The Hall–Kier alpha value is -3.02. The number of nitrogens with one attached hydrogen (secondary N) is 3. The number of hydrogen-bond acceptors (Lipinski definition) is 3. The third kappa shape index (κ3) is 6.12. The second-order valence-corrected chi connectivity index (χ2v) is 6.33. The molecule has 0 aromatic heterocycles. The van der Waals surface area contributed by atoms with E-state index in [9.17, 15) is 9.59 Å². The predicted octanol–water partition coefficient (Wildman–Crippen LogP) is 4.06. The van der Waals surface area contributed by atoms with E-state index in [-0.39, 0.29) is 18.0 Å². The van der Waals surface area contributed by atoms with E-state index >= 15 is 0 Å². The lowest BCUT2D eigenvalue weighted by molar-refractivity contribution is -0.114. The summed E-state index contributed by atoms with van der Waals surface area (Å²) in [4.78, 5) is 23.4. The molecule has 6 nitrogen and oxygen atoms in total. The average Bonchev–Trinajstić information content (AvgIpc) is 2.55. The van der Waals surface area contributed by atoms with Crippen molar-refractivity contribution in [1.29, 1.82) is 0 Å². The first-order valence-electron chi connectivity index (χ1n) is 8.52. The zero-order valence-corrected chi connectivity index (χ0v) is 15.6. The fourth-order valence-corrected chi connectivity index (χ4v) is 2.39. The van der Waals surface area contributed by atoms with E-state index in [0.717, 1.165) is 16.9 Å². The maximum Gasteiger partial charge on any atom is 0.319 e. The SMILES string of the molecule is CC(=O)Nc1ccc(C)c(NC(=O)NCc2cccc(OC(C)C)c2)c1. The second-order valence-electron chi connectivity index (χ2n) is 6.33. The van der Waals surface area contributed by atoms with Gasteiger partial charge in [-0.25, -0.2) is 4.79 Å². The van der Waals surface area contributed by atoms with Gasteiger partial charge in [-0.2, -0.15) is 0 Å². The fraction of sp³-hybridized carbons (Fsp3) is 0.300. The van der Waals surface area contributed by atoms with Gasteiger partial charge in [-0.15, -0.1) is 0 Å². The maximum atomic E-state index is 12.2. The molecule has 0 saturated heterocycles. The monoisotopic (exact) mass is 355 g/mol. The summed E-state index contributed by atoms with van der Waals surface area (Å²) in [7, 11) is 0. The van der Waals surface area contributed by atoms with Gasteiger partial charge in [0.25, 0.3) is 0 Å². The number of carbonyl (C=O) groups excluding carboxylic acids is 2. The van der Waals surface area contributed by atoms with Crippen molar-refractivity contribution in [2.75, 3.05) is 10.6 Å². The number of anilines is 2. The Bertz CT molecular complexity index is 788. The molecule has 0 aliphatic heterocycles. The third-order valence-corrected chi connectivity index (χ3v) is 3.53. The van der Waals surface area contributed by atoms with Crippen molar-refractivity contribution >= 4 is 23.3 Å². The minimum absolute atomic E-state index is 0.0976. The van der Waals surface area contributed by atoms with E-state index in [2.05, 4.69) is 16.0 Å². The molecule has 0 atom stereocenters. The van der Waals surface area contributed by atoms with Gasteiger partial charge < -0.3 is 20.7 Å². The summed E-state index contributed by atoms with van der Waals surface area (Å²) in [6, 6.07) is 12.7. The Morgan fingerprint density at radius 3 is 2.54 bits per heavy atom. The van der Waals surface area contributed by atoms with Crippen molar-refractivity contribution in [2.24, 2.45) is 0 Å². The van der Waals surface area contributed by atoms with Gasteiger partial charge in [-0.05, 0) is 56.2 Å². The van der Waals surface area contributed by atoms with Crippen LogP contribution in [-0.4, -0.2) is 18.0 Å². The van der Waals surface area contributed by atoms with Crippen LogP contribution < -0.4 is 20.7 Å². The van der Waals surface area contributed by atoms with Crippen LogP contribution in [0.3, 0.4) is 0 Å². The zero-order chi connectivity index (χ0) is 19.1. The van der Waals surface area contributed by atoms with Crippen LogP contribution >= 0.6 is 0 Å². The molecule has 0 aliphatic rings. The van der Waals surface area contributed by atoms with E-state index in [1.807, 2.05) is 51.1 Å². The van der Waals surface area contributed by atoms with Crippen molar-refractivity contribution in [1.82, 2.24) is 5.32 Å². The first-order chi connectivity index (χ1) is 12.3. The molecular weight excluding hydrogens is 330 g/mol. The van der Waals surface area contributed by atoms with Gasteiger partial charge in [-0.1, -0.05) is 18.2 Å². The minimum atomic E-state index is -0.316. The molecule has 0 bridgehead atoms. The van der Waals surface area contributed by atoms with Gasteiger partial charge in [0.1, 0.15) is 5.75 Å². The highest BCUT2D eigenvalue weighted by molar-refractivity contribution is 5.93. The number of aryl methyl sites for hydroxylation is 1. The summed E-state index contributed by atoms with van der Waals surface area (Å²) in [5, 5.41) is 8.33. The Kier molecular flexibility index (Phi) is 6.60. The van der Waals surface area contributed by atoms with Crippen LogP contribution in [0.4, 0.5) is 16.2 Å². The number of urea groups is 1. The van der Waals surface area contributed by atoms with Crippen molar-refractivity contribution < 1.29 is 14.3 Å². The summed E-state index contributed by atoms with van der Waals surface area (Å²) >= 11 is 0. The van der Waals surface area contributed by atoms with Gasteiger partial charge in [0.15, 0.2) is 0 Å². The van der Waals surface area contributed by atoms with E-state index in [4.69, 9.17) is 4.74 Å². The number of hydrogen-bond donors (Lipinski definition) is 3. The highest BCUT2D eigenvalue weighted by Gasteiger charge is 2.07. The van der Waals surface area contributed by atoms with Gasteiger partial charge in [0, 0.05) is 24.8 Å². The first kappa shape index (κ1) is 19.3. The summed E-state index contributed by atoms with van der Waals surface area (Å²) < 4.78 is 5.66. The molecule has 3 amide bonds. The Morgan fingerprint density at radius 2 is 1.85 bits per heavy atom. The summed E-state index contributed by atoms with van der Waals surface area (Å²) in [6.45, 7) is 7.65. The normalized spacial score (nSPS) is 10.3. The van der Waals surface area contributed by atoms with Gasteiger partial charge in [0.05, 0.1) is 6.10 Å². The lowest BCUT2D eigenvalue weighted by Gasteiger charge is -2.13.